The zero-order chi connectivity index (χ0) is 51.0. The maximum atomic E-state index is 13.7. The Hall–Kier alpha value is -7.34. The summed E-state index contributed by atoms with van der Waals surface area (Å²) < 4.78 is 0. The van der Waals surface area contributed by atoms with Gasteiger partial charge in [-0.15, -0.1) is 0 Å². The summed E-state index contributed by atoms with van der Waals surface area (Å²) in [6.45, 7) is 25.6. The first-order chi connectivity index (χ1) is 34.1. The number of nitrogens with one attached hydrogen (secondary N) is 2. The fourth-order valence-electron chi connectivity index (χ4n) is 10.1. The van der Waals surface area contributed by atoms with E-state index in [0.29, 0.717) is 58.2 Å². The lowest BCUT2D eigenvalue weighted by atomic mass is 9.83. The predicted molar refractivity (Wildman–Crippen MR) is 289 cm³/mol. The highest BCUT2D eigenvalue weighted by molar-refractivity contribution is 6.30. The van der Waals surface area contributed by atoms with Gasteiger partial charge in [-0.05, 0) is 143 Å². The number of para-hydroxylation sites is 1. The van der Waals surface area contributed by atoms with Crippen LogP contribution in [0.2, 0.25) is 0 Å². The van der Waals surface area contributed by atoms with Crippen LogP contribution in [0.4, 0.5) is 17.1 Å². The SMILES string of the molecule is C=C/C=C1\C(=C/C)C(C)(C)/C(=C\C=C2/C(=O)N(c3ccc(C(=O)NCCCCCCNC(=O)c4ccc(N5N=C(C)/C(=C/C=C6/N(CCC)c7ccccc7C6(C)C)C5=O)cc4)cc3)N=C2C)N1CCC. The van der Waals surface area contributed by atoms with Gasteiger partial charge < -0.3 is 20.4 Å². The molecule has 0 unspecified atom stereocenters. The molecule has 0 atom stereocenters. The molecule has 4 heterocycles. The Morgan fingerprint density at radius 2 is 1.08 bits per heavy atom. The second kappa shape index (κ2) is 22.2. The average Bonchev–Trinajstić information content (AvgIpc) is 3.96. The van der Waals surface area contributed by atoms with Crippen molar-refractivity contribution in [1.29, 1.82) is 0 Å². The minimum atomic E-state index is -0.257. The molecule has 3 aromatic carbocycles. The molecule has 3 aromatic rings. The Kier molecular flexibility index (Phi) is 16.1. The first kappa shape index (κ1) is 51.5. The molecule has 4 aliphatic heterocycles. The summed E-state index contributed by atoms with van der Waals surface area (Å²) in [5.74, 6) is -0.792. The normalized spacial score (nSPS) is 20.6. The van der Waals surface area contributed by atoms with Gasteiger partial charge in [-0.3, -0.25) is 19.2 Å². The number of allylic oxidation sites excluding steroid dienone is 10. The quantitative estimate of drug-likeness (QED) is 0.0965. The molecular formula is C59H70N8O4. The van der Waals surface area contributed by atoms with Crippen LogP contribution in [0, 0.1) is 5.41 Å². The Morgan fingerprint density at radius 1 is 0.620 bits per heavy atom. The van der Waals surface area contributed by atoms with E-state index in [0.717, 1.165) is 68.7 Å². The van der Waals surface area contributed by atoms with Gasteiger partial charge in [0.25, 0.3) is 23.6 Å². The van der Waals surface area contributed by atoms with Crippen molar-refractivity contribution in [1.82, 2.24) is 15.5 Å². The van der Waals surface area contributed by atoms with Gasteiger partial charge in [0.1, 0.15) is 0 Å². The summed E-state index contributed by atoms with van der Waals surface area (Å²) >= 11 is 0. The second-order valence-corrected chi connectivity index (χ2v) is 19.4. The number of benzene rings is 3. The molecule has 1 fully saturated rings. The minimum absolute atomic E-state index is 0.182. The van der Waals surface area contributed by atoms with E-state index < -0.39 is 0 Å². The zero-order valence-corrected chi connectivity index (χ0v) is 43.1. The number of rotatable bonds is 18. The third-order valence-corrected chi connectivity index (χ3v) is 13.8. The maximum absolute atomic E-state index is 13.7. The second-order valence-electron chi connectivity index (χ2n) is 19.4. The van der Waals surface area contributed by atoms with Crippen LogP contribution in [0.3, 0.4) is 0 Å². The Labute approximate surface area is 420 Å². The minimum Gasteiger partial charge on any atom is -0.352 e. The first-order valence-corrected chi connectivity index (χ1v) is 25.1. The van der Waals surface area contributed by atoms with Gasteiger partial charge in [-0.1, -0.05) is 91.3 Å². The average molecular weight is 955 g/mol. The van der Waals surface area contributed by atoms with Crippen LogP contribution in [0.5, 0.6) is 0 Å². The van der Waals surface area contributed by atoms with E-state index in [1.165, 1.54) is 26.8 Å². The summed E-state index contributed by atoms with van der Waals surface area (Å²) in [5, 5.41) is 17.9. The van der Waals surface area contributed by atoms with Crippen molar-refractivity contribution < 1.29 is 19.2 Å². The van der Waals surface area contributed by atoms with Gasteiger partial charge in [0.15, 0.2) is 0 Å². The van der Waals surface area contributed by atoms with Crippen LogP contribution in [-0.2, 0) is 15.0 Å². The molecule has 4 aliphatic rings. The number of unbranched alkanes of at least 4 members (excludes halogenated alkanes) is 3. The molecule has 12 heteroatoms. The van der Waals surface area contributed by atoms with Gasteiger partial charge in [0.2, 0.25) is 0 Å². The number of carbonyl (C=O) groups excluding carboxylic acids is 4. The van der Waals surface area contributed by atoms with Crippen molar-refractivity contribution >= 4 is 52.1 Å². The largest absolute Gasteiger partial charge is 0.352 e. The zero-order valence-electron chi connectivity index (χ0n) is 43.1. The monoisotopic (exact) mass is 955 g/mol. The van der Waals surface area contributed by atoms with Crippen molar-refractivity contribution in [3.05, 3.63) is 172 Å². The summed E-state index contributed by atoms with van der Waals surface area (Å²) in [6, 6.07) is 22.3. The highest BCUT2D eigenvalue weighted by Gasteiger charge is 2.42. The van der Waals surface area contributed by atoms with Crippen LogP contribution in [0.25, 0.3) is 0 Å². The predicted octanol–water partition coefficient (Wildman–Crippen LogP) is 11.4. The van der Waals surface area contributed by atoms with Gasteiger partial charge in [-0.2, -0.15) is 20.2 Å². The van der Waals surface area contributed by atoms with E-state index in [2.05, 4.69) is 128 Å². The molecule has 7 rings (SSSR count). The van der Waals surface area contributed by atoms with E-state index in [-0.39, 0.29) is 34.5 Å². The summed E-state index contributed by atoms with van der Waals surface area (Å²) in [7, 11) is 0. The summed E-state index contributed by atoms with van der Waals surface area (Å²) in [6.07, 6.45) is 19.3. The van der Waals surface area contributed by atoms with Crippen molar-refractivity contribution in [2.24, 2.45) is 15.6 Å². The fraction of sp³-hybridized carbons (Fsp3) is 0.356. The first-order valence-electron chi connectivity index (χ1n) is 25.1. The molecule has 0 bridgehead atoms. The molecule has 0 aromatic heterocycles. The molecule has 0 spiro atoms. The third kappa shape index (κ3) is 10.6. The van der Waals surface area contributed by atoms with Crippen LogP contribution in [0.15, 0.2) is 166 Å². The molecule has 370 valence electrons. The molecular weight excluding hydrogens is 885 g/mol. The number of carbonyl (C=O) groups is 4. The van der Waals surface area contributed by atoms with Crippen LogP contribution < -0.4 is 25.6 Å². The van der Waals surface area contributed by atoms with Gasteiger partial charge in [0, 0.05) is 70.9 Å². The number of hydrogen-bond acceptors (Lipinski definition) is 8. The number of anilines is 3. The van der Waals surface area contributed by atoms with Gasteiger partial charge in [0.05, 0.1) is 33.9 Å². The molecule has 71 heavy (non-hydrogen) atoms. The summed E-state index contributed by atoms with van der Waals surface area (Å²) in [4.78, 5) is 58.0. The molecule has 1 saturated heterocycles. The maximum Gasteiger partial charge on any atom is 0.280 e. The number of nitrogens with zero attached hydrogens (tertiary/aromatic N) is 6. The lowest BCUT2D eigenvalue weighted by Crippen LogP contribution is -2.27. The lowest BCUT2D eigenvalue weighted by molar-refractivity contribution is -0.115. The number of fused-ring (bicyclic) bond motifs is 1. The Bertz CT molecular complexity index is 2820. The van der Waals surface area contributed by atoms with E-state index in [1.807, 2.05) is 38.2 Å². The Balaban J connectivity index is 0.830. The standard InChI is InChI=1S/C59H70N8O4/c1-11-21-50-48(14-4)58(7,8)52(64(50)38-12-2)34-32-46-40(5)62-66(56(46)70)44-28-24-42(25-29-44)54(68)60-36-19-15-16-20-37-61-55(69)43-26-30-45(31-27-43)67-57(71)47(41(6)63-67)33-35-53-59(9,10)49-22-17-18-23-51(49)65(53)39-13-3/h11,14,17-18,21-35H,1,12-13,15-16,19-20,36-39H2,2-10H3,(H,60,68)(H,61,69)/b46-32-,47-33-,48-14+,50-21+,52-34+,53-35+. The smallest absolute Gasteiger partial charge is 0.280 e. The molecule has 12 nitrogen and oxygen atoms in total. The van der Waals surface area contributed by atoms with E-state index in [9.17, 15) is 19.2 Å². The molecule has 0 radical (unpaired) electrons. The third-order valence-electron chi connectivity index (χ3n) is 13.8. The van der Waals surface area contributed by atoms with E-state index in [4.69, 9.17) is 0 Å². The van der Waals surface area contributed by atoms with Gasteiger partial charge >= 0.3 is 0 Å². The fourth-order valence-corrected chi connectivity index (χ4v) is 10.1. The van der Waals surface area contributed by atoms with Crippen molar-refractivity contribution in [3.63, 3.8) is 0 Å². The molecule has 0 aliphatic carbocycles. The van der Waals surface area contributed by atoms with Crippen LogP contribution in [-0.4, -0.2) is 66.1 Å². The van der Waals surface area contributed by atoms with Crippen molar-refractivity contribution in [2.45, 2.75) is 106 Å². The molecule has 4 amide bonds. The summed E-state index contributed by atoms with van der Waals surface area (Å²) in [5.41, 5.74) is 11.1. The highest BCUT2D eigenvalue weighted by Crippen LogP contribution is 2.50. The van der Waals surface area contributed by atoms with Crippen molar-refractivity contribution in [2.75, 3.05) is 41.1 Å². The Morgan fingerprint density at radius 3 is 1.55 bits per heavy atom. The molecule has 0 saturated carbocycles. The number of hydrazone groups is 2. The topological polar surface area (TPSA) is 130 Å². The van der Waals surface area contributed by atoms with E-state index in [1.54, 1.807) is 48.5 Å². The van der Waals surface area contributed by atoms with Crippen LogP contribution >= 0.6 is 0 Å². The lowest BCUT2D eigenvalue weighted by Gasteiger charge is -2.26. The van der Waals surface area contributed by atoms with Gasteiger partial charge in [-0.25, -0.2) is 0 Å². The van der Waals surface area contributed by atoms with Crippen molar-refractivity contribution in [3.8, 4) is 0 Å². The van der Waals surface area contributed by atoms with Crippen LogP contribution in [0.1, 0.15) is 127 Å². The number of amides is 4. The number of hydrogen-bond donors (Lipinski definition) is 2. The van der Waals surface area contributed by atoms with E-state index >= 15 is 0 Å². The molecule has 2 N–H and O–H groups in total. The number of likely N-dealkylation sites (tertiary alicyclic amines) is 1. The highest BCUT2D eigenvalue weighted by atomic mass is 16.2.